The molecule has 0 aliphatic rings. The van der Waals surface area contributed by atoms with Gasteiger partial charge in [-0.25, -0.2) is 0 Å². The molecule has 27 heavy (non-hydrogen) atoms. The smallest absolute Gasteiger partial charge is 0.0130 e. The van der Waals surface area contributed by atoms with Crippen LogP contribution in [-0.2, 0) is 0 Å². The van der Waals surface area contributed by atoms with Gasteiger partial charge in [0.05, 0.1) is 0 Å². The lowest BCUT2D eigenvalue weighted by molar-refractivity contribution is 1.62. The van der Waals surface area contributed by atoms with Crippen LogP contribution < -0.4 is 0 Å². The lowest BCUT2D eigenvalue weighted by Crippen LogP contribution is -1.89. The van der Waals surface area contributed by atoms with Gasteiger partial charge in [-0.05, 0) is 88.9 Å². The summed E-state index contributed by atoms with van der Waals surface area (Å²) >= 11 is 2.37. The maximum absolute atomic E-state index is 2.37. The molecule has 0 N–H and O–H groups in total. The number of fused-ring (bicyclic) bond motifs is 2. The van der Waals surface area contributed by atoms with Gasteiger partial charge in [0.15, 0.2) is 0 Å². The van der Waals surface area contributed by atoms with E-state index in [2.05, 4.69) is 114 Å². The monoisotopic (exact) mass is 454 g/mol. The van der Waals surface area contributed by atoms with E-state index in [9.17, 15) is 0 Å². The molecule has 0 unspecified atom stereocenters. The Labute approximate surface area is 170 Å². The molecule has 0 heterocycles. The molecule has 0 radical (unpaired) electrons. The molecule has 0 atom stereocenters. The number of halogens is 1. The molecule has 0 amide bonds. The lowest BCUT2D eigenvalue weighted by Gasteiger charge is -2.17. The van der Waals surface area contributed by atoms with Crippen molar-refractivity contribution >= 4 is 65.7 Å². The predicted octanol–water partition coefficient (Wildman–Crippen LogP) is 8.01. The first-order valence-corrected chi connectivity index (χ1v) is 10.2. The average Bonchev–Trinajstić information content (AvgIpc) is 2.72. The van der Waals surface area contributed by atoms with E-state index in [4.69, 9.17) is 0 Å². The quantitative estimate of drug-likeness (QED) is 0.134. The summed E-state index contributed by atoms with van der Waals surface area (Å²) in [7, 11) is 0. The fourth-order valence-electron chi connectivity index (χ4n) is 4.53. The molecule has 0 saturated carbocycles. The van der Waals surface area contributed by atoms with E-state index in [1.165, 1.54) is 57.8 Å². The van der Waals surface area contributed by atoms with Gasteiger partial charge in [0, 0.05) is 3.57 Å². The molecule has 126 valence electrons. The van der Waals surface area contributed by atoms with Crippen molar-refractivity contribution < 1.29 is 0 Å². The largest absolute Gasteiger partial charge is 0.0610 e. The van der Waals surface area contributed by atoms with Crippen LogP contribution in [0.3, 0.4) is 0 Å². The molecular formula is C26H15I. The van der Waals surface area contributed by atoms with E-state index in [1.807, 2.05) is 0 Å². The SMILES string of the molecule is Ic1ccc(-c2ccc3cccc4c5cccc6cccc(c2c34)c65)cc1. The van der Waals surface area contributed by atoms with Crippen LogP contribution in [0.1, 0.15) is 0 Å². The summed E-state index contributed by atoms with van der Waals surface area (Å²) in [5.41, 5.74) is 2.59. The van der Waals surface area contributed by atoms with Crippen molar-refractivity contribution in [1.82, 2.24) is 0 Å². The predicted molar refractivity (Wildman–Crippen MR) is 126 cm³/mol. The van der Waals surface area contributed by atoms with E-state index in [1.54, 1.807) is 0 Å². The number of benzene rings is 6. The van der Waals surface area contributed by atoms with E-state index in [0.29, 0.717) is 0 Å². The Kier molecular flexibility index (Phi) is 3.24. The van der Waals surface area contributed by atoms with Gasteiger partial charge in [-0.2, -0.15) is 0 Å². The lowest BCUT2D eigenvalue weighted by atomic mass is 9.86. The zero-order chi connectivity index (χ0) is 18.0. The molecule has 1 heteroatoms. The molecule has 0 aromatic heterocycles. The van der Waals surface area contributed by atoms with Crippen LogP contribution in [0.4, 0.5) is 0 Å². The van der Waals surface area contributed by atoms with Gasteiger partial charge in [0.2, 0.25) is 0 Å². The molecular weight excluding hydrogens is 439 g/mol. The summed E-state index contributed by atoms with van der Waals surface area (Å²) in [6.07, 6.45) is 0. The van der Waals surface area contributed by atoms with Crippen molar-refractivity contribution in [3.05, 3.63) is 94.6 Å². The van der Waals surface area contributed by atoms with Gasteiger partial charge in [0.1, 0.15) is 0 Å². The minimum atomic E-state index is 1.26. The molecule has 0 bridgehead atoms. The van der Waals surface area contributed by atoms with Gasteiger partial charge in [0.25, 0.3) is 0 Å². The van der Waals surface area contributed by atoms with Crippen LogP contribution in [0.25, 0.3) is 54.2 Å². The van der Waals surface area contributed by atoms with Crippen molar-refractivity contribution in [3.63, 3.8) is 0 Å². The van der Waals surface area contributed by atoms with Gasteiger partial charge < -0.3 is 0 Å². The summed E-state index contributed by atoms with van der Waals surface area (Å²) < 4.78 is 1.26. The van der Waals surface area contributed by atoms with Gasteiger partial charge in [-0.15, -0.1) is 0 Å². The Morgan fingerprint density at radius 3 is 1.74 bits per heavy atom. The Balaban J connectivity index is 1.94. The third-order valence-corrected chi connectivity index (χ3v) is 6.38. The zero-order valence-electron chi connectivity index (χ0n) is 14.5. The van der Waals surface area contributed by atoms with Gasteiger partial charge in [-0.1, -0.05) is 78.9 Å². The first-order chi connectivity index (χ1) is 13.3. The molecule has 6 rings (SSSR count). The third kappa shape index (κ3) is 2.15. The minimum Gasteiger partial charge on any atom is -0.0610 e. The first-order valence-electron chi connectivity index (χ1n) is 9.15. The molecule has 6 aromatic rings. The normalized spacial score (nSPS) is 11.9. The number of hydrogen-bond acceptors (Lipinski definition) is 0. The third-order valence-electron chi connectivity index (χ3n) is 5.67. The molecule has 0 nitrogen and oxygen atoms in total. The van der Waals surface area contributed by atoms with E-state index < -0.39 is 0 Å². The zero-order valence-corrected chi connectivity index (χ0v) is 16.7. The van der Waals surface area contributed by atoms with Crippen molar-refractivity contribution in [2.45, 2.75) is 0 Å². The van der Waals surface area contributed by atoms with Gasteiger partial charge >= 0.3 is 0 Å². The second-order valence-corrected chi connectivity index (χ2v) is 8.35. The highest BCUT2D eigenvalue weighted by Gasteiger charge is 2.15. The van der Waals surface area contributed by atoms with E-state index in [-0.39, 0.29) is 0 Å². The first kappa shape index (κ1) is 15.4. The van der Waals surface area contributed by atoms with Crippen LogP contribution in [0.2, 0.25) is 0 Å². The maximum atomic E-state index is 2.37. The van der Waals surface area contributed by atoms with Crippen LogP contribution in [0.5, 0.6) is 0 Å². The second kappa shape index (κ2) is 5.67. The van der Waals surface area contributed by atoms with Crippen LogP contribution in [0.15, 0.2) is 91.0 Å². The Morgan fingerprint density at radius 1 is 0.444 bits per heavy atom. The topological polar surface area (TPSA) is 0 Å². The van der Waals surface area contributed by atoms with Crippen LogP contribution in [-0.4, -0.2) is 0 Å². The Hall–Kier alpha value is -2.65. The maximum Gasteiger partial charge on any atom is 0.0130 e. The summed E-state index contributed by atoms with van der Waals surface area (Å²) in [6.45, 7) is 0. The number of hydrogen-bond donors (Lipinski definition) is 0. The van der Waals surface area contributed by atoms with E-state index in [0.717, 1.165) is 0 Å². The van der Waals surface area contributed by atoms with E-state index >= 15 is 0 Å². The van der Waals surface area contributed by atoms with Gasteiger partial charge in [-0.3, -0.25) is 0 Å². The standard InChI is InChI=1S/C26H15I/c27-19-13-10-16(11-14-19)20-15-12-18-6-2-8-22-21-7-1-4-17-5-3-9-23(24(17)21)26(20)25(18)22/h1-15H. The number of rotatable bonds is 1. The summed E-state index contributed by atoms with van der Waals surface area (Å²) in [4.78, 5) is 0. The Morgan fingerprint density at radius 2 is 1.04 bits per heavy atom. The molecule has 0 aliphatic heterocycles. The fraction of sp³-hybridized carbons (Fsp3) is 0. The minimum absolute atomic E-state index is 1.26. The molecule has 0 fully saturated rings. The summed E-state index contributed by atoms with van der Waals surface area (Å²) in [6, 6.07) is 33.5. The van der Waals surface area contributed by atoms with Crippen molar-refractivity contribution in [2.24, 2.45) is 0 Å². The molecule has 0 spiro atoms. The highest BCUT2D eigenvalue weighted by Crippen LogP contribution is 2.44. The van der Waals surface area contributed by atoms with Crippen LogP contribution >= 0.6 is 22.6 Å². The fourth-order valence-corrected chi connectivity index (χ4v) is 4.89. The van der Waals surface area contributed by atoms with Crippen molar-refractivity contribution in [2.75, 3.05) is 0 Å². The average molecular weight is 454 g/mol. The van der Waals surface area contributed by atoms with Crippen molar-refractivity contribution in [1.29, 1.82) is 0 Å². The molecule has 0 saturated heterocycles. The van der Waals surface area contributed by atoms with Crippen LogP contribution in [0, 0.1) is 3.57 Å². The molecule has 0 aliphatic carbocycles. The molecule has 6 aromatic carbocycles. The highest BCUT2D eigenvalue weighted by atomic mass is 127. The van der Waals surface area contributed by atoms with Crippen molar-refractivity contribution in [3.8, 4) is 11.1 Å². The Bertz CT molecular complexity index is 1450. The highest BCUT2D eigenvalue weighted by molar-refractivity contribution is 14.1. The summed E-state index contributed by atoms with van der Waals surface area (Å²) in [5, 5.41) is 10.8. The second-order valence-electron chi connectivity index (χ2n) is 7.11. The summed E-state index contributed by atoms with van der Waals surface area (Å²) in [5.74, 6) is 0.